The third kappa shape index (κ3) is 2.45. The zero-order valence-corrected chi connectivity index (χ0v) is 9.70. The number of hydrogen-bond donors (Lipinski definition) is 0. The summed E-state index contributed by atoms with van der Waals surface area (Å²) in [5.74, 6) is 0.708. The van der Waals surface area contributed by atoms with Gasteiger partial charge in [-0.15, -0.1) is 0 Å². The highest BCUT2D eigenvalue weighted by Gasteiger charge is 2.21. The summed E-state index contributed by atoms with van der Waals surface area (Å²) in [7, 11) is 2.11. The number of hydrogen-bond acceptors (Lipinski definition) is 3. The van der Waals surface area contributed by atoms with Crippen molar-refractivity contribution < 1.29 is 4.74 Å². The average molecular weight is 257 g/mol. The van der Waals surface area contributed by atoms with Crippen LogP contribution in [-0.4, -0.2) is 36.1 Å². The Balaban J connectivity index is 1.97. The van der Waals surface area contributed by atoms with Gasteiger partial charge in [0.25, 0.3) is 0 Å². The van der Waals surface area contributed by atoms with Crippen molar-refractivity contribution in [1.29, 1.82) is 0 Å². The Bertz CT molecular complexity index is 319. The van der Waals surface area contributed by atoms with E-state index >= 15 is 0 Å². The first-order chi connectivity index (χ1) is 6.74. The molecule has 2 rings (SSSR count). The van der Waals surface area contributed by atoms with E-state index < -0.39 is 0 Å². The third-order valence-electron chi connectivity index (χ3n) is 2.33. The summed E-state index contributed by atoms with van der Waals surface area (Å²) in [6.07, 6.45) is 1.38. The highest BCUT2D eigenvalue weighted by Crippen LogP contribution is 2.17. The second-order valence-corrected chi connectivity index (χ2v) is 4.40. The molecule has 1 aromatic heterocycles. The fraction of sp³-hybridized carbons (Fsp3) is 0.500. The van der Waals surface area contributed by atoms with E-state index in [9.17, 15) is 0 Å². The van der Waals surface area contributed by atoms with Gasteiger partial charge in [-0.05, 0) is 35.5 Å². The lowest BCUT2D eigenvalue weighted by atomic mass is 10.3. The van der Waals surface area contributed by atoms with Crippen molar-refractivity contribution in [2.45, 2.75) is 12.5 Å². The number of rotatable bonds is 2. The molecule has 2 heterocycles. The molecule has 1 aromatic rings. The molecular formula is C10H13BrN2O. The molecular weight excluding hydrogens is 244 g/mol. The molecule has 0 bridgehead atoms. The Labute approximate surface area is 92.2 Å². The highest BCUT2D eigenvalue weighted by atomic mass is 79.9. The monoisotopic (exact) mass is 256 g/mol. The van der Waals surface area contributed by atoms with Gasteiger partial charge in [-0.25, -0.2) is 4.98 Å². The molecule has 76 valence electrons. The third-order valence-corrected chi connectivity index (χ3v) is 2.77. The van der Waals surface area contributed by atoms with E-state index in [1.807, 2.05) is 18.2 Å². The van der Waals surface area contributed by atoms with E-state index in [2.05, 4.69) is 32.9 Å². The van der Waals surface area contributed by atoms with Gasteiger partial charge in [0.05, 0.1) is 0 Å². The van der Waals surface area contributed by atoms with Crippen LogP contribution in [0.3, 0.4) is 0 Å². The van der Waals surface area contributed by atoms with Crippen LogP contribution in [-0.2, 0) is 0 Å². The van der Waals surface area contributed by atoms with Gasteiger partial charge in [-0.2, -0.15) is 0 Å². The van der Waals surface area contributed by atoms with E-state index in [-0.39, 0.29) is 0 Å². The predicted octanol–water partition coefficient (Wildman–Crippen LogP) is 1.93. The first-order valence-corrected chi connectivity index (χ1v) is 5.51. The predicted molar refractivity (Wildman–Crippen MR) is 58.5 cm³/mol. The number of likely N-dealkylation sites (N-methyl/N-ethyl adjacent to an activating group) is 1. The number of halogens is 1. The van der Waals surface area contributed by atoms with Crippen LogP contribution in [0.25, 0.3) is 0 Å². The second kappa shape index (κ2) is 4.28. The van der Waals surface area contributed by atoms with Crippen LogP contribution in [0.5, 0.6) is 5.88 Å². The second-order valence-electron chi connectivity index (χ2n) is 3.59. The molecule has 0 aliphatic carbocycles. The van der Waals surface area contributed by atoms with Crippen molar-refractivity contribution in [3.8, 4) is 5.88 Å². The van der Waals surface area contributed by atoms with Gasteiger partial charge >= 0.3 is 0 Å². The first-order valence-electron chi connectivity index (χ1n) is 4.72. The van der Waals surface area contributed by atoms with Crippen molar-refractivity contribution in [3.05, 3.63) is 22.8 Å². The maximum absolute atomic E-state index is 5.74. The SMILES string of the molecule is CN1CCC(Oc2cccc(Br)n2)C1. The van der Waals surface area contributed by atoms with Gasteiger partial charge in [0.2, 0.25) is 5.88 Å². The molecule has 0 amide bonds. The molecule has 1 aliphatic rings. The molecule has 1 atom stereocenters. The van der Waals surface area contributed by atoms with E-state index in [1.54, 1.807) is 0 Å². The van der Waals surface area contributed by atoms with Crippen molar-refractivity contribution in [3.63, 3.8) is 0 Å². The summed E-state index contributed by atoms with van der Waals surface area (Å²) in [6, 6.07) is 5.72. The number of likely N-dealkylation sites (tertiary alicyclic amines) is 1. The van der Waals surface area contributed by atoms with Crippen LogP contribution in [0, 0.1) is 0 Å². The largest absolute Gasteiger partial charge is 0.473 e. The Morgan fingerprint density at radius 2 is 2.43 bits per heavy atom. The normalized spacial score (nSPS) is 22.6. The van der Waals surface area contributed by atoms with Crippen molar-refractivity contribution >= 4 is 15.9 Å². The lowest BCUT2D eigenvalue weighted by Crippen LogP contribution is -2.21. The van der Waals surface area contributed by atoms with Crippen LogP contribution in [0.4, 0.5) is 0 Å². The number of nitrogens with zero attached hydrogens (tertiary/aromatic N) is 2. The summed E-state index contributed by atoms with van der Waals surface area (Å²) in [5, 5.41) is 0. The van der Waals surface area contributed by atoms with Gasteiger partial charge in [0.15, 0.2) is 0 Å². The van der Waals surface area contributed by atoms with Gasteiger partial charge in [0, 0.05) is 19.2 Å². The summed E-state index contributed by atoms with van der Waals surface area (Å²) in [5.41, 5.74) is 0. The lowest BCUT2D eigenvalue weighted by Gasteiger charge is -2.12. The highest BCUT2D eigenvalue weighted by molar-refractivity contribution is 9.10. The van der Waals surface area contributed by atoms with Crippen molar-refractivity contribution in [1.82, 2.24) is 9.88 Å². The Morgan fingerprint density at radius 3 is 3.07 bits per heavy atom. The number of ether oxygens (including phenoxy) is 1. The molecule has 1 aliphatic heterocycles. The van der Waals surface area contributed by atoms with E-state index in [4.69, 9.17) is 4.74 Å². The molecule has 1 saturated heterocycles. The fourth-order valence-corrected chi connectivity index (χ4v) is 1.94. The summed E-state index contributed by atoms with van der Waals surface area (Å²) < 4.78 is 6.56. The first kappa shape index (κ1) is 9.93. The van der Waals surface area contributed by atoms with Gasteiger partial charge < -0.3 is 9.64 Å². The maximum atomic E-state index is 5.74. The average Bonchev–Trinajstić information content (AvgIpc) is 2.51. The van der Waals surface area contributed by atoms with E-state index in [1.165, 1.54) is 0 Å². The Kier molecular flexibility index (Phi) is 3.03. The lowest BCUT2D eigenvalue weighted by molar-refractivity contribution is 0.200. The van der Waals surface area contributed by atoms with Gasteiger partial charge in [-0.1, -0.05) is 6.07 Å². The fourth-order valence-electron chi connectivity index (χ4n) is 1.62. The molecule has 0 radical (unpaired) electrons. The minimum Gasteiger partial charge on any atom is -0.473 e. The smallest absolute Gasteiger partial charge is 0.214 e. The zero-order valence-electron chi connectivity index (χ0n) is 8.11. The van der Waals surface area contributed by atoms with Crippen LogP contribution in [0.2, 0.25) is 0 Å². The number of pyridine rings is 1. The van der Waals surface area contributed by atoms with E-state index in [0.29, 0.717) is 12.0 Å². The standard InChI is InChI=1S/C10H13BrN2O/c1-13-6-5-8(7-13)14-10-4-2-3-9(11)12-10/h2-4,8H,5-7H2,1H3. The summed E-state index contributed by atoms with van der Waals surface area (Å²) in [4.78, 5) is 6.50. The van der Waals surface area contributed by atoms with Gasteiger partial charge in [0.1, 0.15) is 10.7 Å². The minimum absolute atomic E-state index is 0.293. The molecule has 0 saturated carbocycles. The molecule has 1 fully saturated rings. The van der Waals surface area contributed by atoms with Crippen LogP contribution < -0.4 is 4.74 Å². The van der Waals surface area contributed by atoms with Gasteiger partial charge in [-0.3, -0.25) is 0 Å². The molecule has 4 heteroatoms. The van der Waals surface area contributed by atoms with Crippen LogP contribution >= 0.6 is 15.9 Å². The quantitative estimate of drug-likeness (QED) is 0.757. The van der Waals surface area contributed by atoms with E-state index in [0.717, 1.165) is 24.1 Å². The molecule has 1 unspecified atom stereocenters. The van der Waals surface area contributed by atoms with Crippen LogP contribution in [0.15, 0.2) is 22.8 Å². The molecule has 3 nitrogen and oxygen atoms in total. The summed E-state index contributed by atoms with van der Waals surface area (Å²) in [6.45, 7) is 2.10. The molecule has 0 aromatic carbocycles. The molecule has 0 spiro atoms. The summed E-state index contributed by atoms with van der Waals surface area (Å²) >= 11 is 3.32. The topological polar surface area (TPSA) is 25.4 Å². The zero-order chi connectivity index (χ0) is 9.97. The Hall–Kier alpha value is -0.610. The van der Waals surface area contributed by atoms with Crippen LogP contribution in [0.1, 0.15) is 6.42 Å². The Morgan fingerprint density at radius 1 is 1.57 bits per heavy atom. The minimum atomic E-state index is 0.293. The van der Waals surface area contributed by atoms with Crippen molar-refractivity contribution in [2.24, 2.45) is 0 Å². The molecule has 0 N–H and O–H groups in total. The number of aromatic nitrogens is 1. The van der Waals surface area contributed by atoms with Crippen molar-refractivity contribution in [2.75, 3.05) is 20.1 Å². The molecule has 14 heavy (non-hydrogen) atoms. The maximum Gasteiger partial charge on any atom is 0.214 e.